The summed E-state index contributed by atoms with van der Waals surface area (Å²) in [4.78, 5) is 37.3. The molecule has 0 aliphatic heterocycles. The van der Waals surface area contributed by atoms with Crippen molar-refractivity contribution in [1.29, 1.82) is 0 Å². The fraction of sp³-hybridized carbons (Fsp3) is 0.0769. The third-order valence-electron chi connectivity index (χ3n) is 5.05. The summed E-state index contributed by atoms with van der Waals surface area (Å²) in [5.41, 5.74) is 3.02. The van der Waals surface area contributed by atoms with Gasteiger partial charge in [0.1, 0.15) is 10.6 Å². The van der Waals surface area contributed by atoms with Gasteiger partial charge in [-0.15, -0.1) is 11.3 Å². The number of hydrogen-bond donors (Lipinski definition) is 2. The first-order chi connectivity index (χ1) is 17.9. The van der Waals surface area contributed by atoms with Gasteiger partial charge in [-0.1, -0.05) is 41.9 Å². The Morgan fingerprint density at radius 2 is 1.62 bits per heavy atom. The number of fused-ring (bicyclic) bond motifs is 1. The fourth-order valence-electron chi connectivity index (χ4n) is 3.28. The maximum atomic E-state index is 12.8. The first-order valence-electron chi connectivity index (χ1n) is 10.8. The van der Waals surface area contributed by atoms with Gasteiger partial charge in [-0.25, -0.2) is 10.2 Å². The molecule has 3 aromatic carbocycles. The van der Waals surface area contributed by atoms with Crippen LogP contribution in [-0.2, 0) is 9.59 Å². The third kappa shape index (κ3) is 5.88. The monoisotopic (exact) mass is 537 g/mol. The first-order valence-corrected chi connectivity index (χ1v) is 12.0. The Hall–Kier alpha value is -4.41. The van der Waals surface area contributed by atoms with Crippen LogP contribution in [0.2, 0.25) is 5.02 Å². The van der Waals surface area contributed by atoms with E-state index in [1.54, 1.807) is 36.4 Å². The Morgan fingerprint density at radius 1 is 0.892 bits per heavy atom. The Bertz CT molecular complexity index is 1520. The van der Waals surface area contributed by atoms with Crippen molar-refractivity contribution in [3.63, 3.8) is 0 Å². The minimum absolute atomic E-state index is 0.179. The Kier molecular flexibility index (Phi) is 8.02. The summed E-state index contributed by atoms with van der Waals surface area (Å²) < 4.78 is 16.9. The Morgan fingerprint density at radius 3 is 2.38 bits per heavy atom. The lowest BCUT2D eigenvalue weighted by molar-refractivity contribution is -0.136. The number of benzene rings is 3. The van der Waals surface area contributed by atoms with E-state index in [0.29, 0.717) is 22.0 Å². The molecule has 9 nitrogen and oxygen atoms in total. The molecule has 0 bridgehead atoms. The van der Waals surface area contributed by atoms with Gasteiger partial charge in [0.15, 0.2) is 11.5 Å². The second kappa shape index (κ2) is 11.5. The Balaban J connectivity index is 1.40. The predicted octanol–water partition coefficient (Wildman–Crippen LogP) is 4.88. The highest BCUT2D eigenvalue weighted by Gasteiger charge is 2.20. The highest BCUT2D eigenvalue weighted by Crippen LogP contribution is 2.37. The molecule has 1 aromatic heterocycles. The zero-order valence-electron chi connectivity index (χ0n) is 19.6. The number of carbonyl (C=O) groups is 3. The largest absolute Gasteiger partial charge is 0.495 e. The van der Waals surface area contributed by atoms with E-state index < -0.39 is 17.8 Å². The van der Waals surface area contributed by atoms with Gasteiger partial charge in [-0.2, -0.15) is 5.10 Å². The SMILES string of the molecule is COc1ccccc1NC(=O)C(=O)N/N=C\c1ccc(OC(=O)c2sc3ccccc3c2Cl)c(OC)c1. The van der Waals surface area contributed by atoms with Gasteiger partial charge in [0.05, 0.1) is 31.1 Å². The zero-order chi connectivity index (χ0) is 26.4. The number of methoxy groups -OCH3 is 2. The van der Waals surface area contributed by atoms with E-state index in [0.717, 1.165) is 10.1 Å². The number of nitrogens with zero attached hydrogens (tertiary/aromatic N) is 1. The summed E-state index contributed by atoms with van der Waals surface area (Å²) in [6.07, 6.45) is 1.31. The average Bonchev–Trinajstić information content (AvgIpc) is 3.26. The van der Waals surface area contributed by atoms with Crippen molar-refractivity contribution in [3.05, 3.63) is 82.2 Å². The number of thiophene rings is 1. The molecular formula is C26H20ClN3O6S. The molecule has 0 aliphatic rings. The fourth-order valence-corrected chi connectivity index (χ4v) is 4.67. The minimum Gasteiger partial charge on any atom is -0.495 e. The number of carbonyl (C=O) groups excluding carboxylic acids is 3. The molecule has 2 amide bonds. The lowest BCUT2D eigenvalue weighted by Gasteiger charge is -2.09. The molecule has 0 fully saturated rings. The van der Waals surface area contributed by atoms with Crippen LogP contribution in [0.5, 0.6) is 17.2 Å². The zero-order valence-corrected chi connectivity index (χ0v) is 21.2. The second-order valence-corrected chi connectivity index (χ2v) is 8.82. The third-order valence-corrected chi connectivity index (χ3v) is 6.71. The molecule has 0 atom stereocenters. The van der Waals surface area contributed by atoms with Gasteiger partial charge in [0.2, 0.25) is 0 Å². The maximum absolute atomic E-state index is 12.8. The number of hydrogen-bond acceptors (Lipinski definition) is 8. The van der Waals surface area contributed by atoms with Gasteiger partial charge < -0.3 is 19.5 Å². The number of hydrazone groups is 1. The number of rotatable bonds is 7. The van der Waals surface area contributed by atoms with Crippen LogP contribution < -0.4 is 25.0 Å². The smallest absolute Gasteiger partial charge is 0.355 e. The van der Waals surface area contributed by atoms with Crippen LogP contribution in [0.15, 0.2) is 71.8 Å². The van der Waals surface area contributed by atoms with Gasteiger partial charge >= 0.3 is 17.8 Å². The van der Waals surface area contributed by atoms with Crippen LogP contribution in [0.25, 0.3) is 10.1 Å². The maximum Gasteiger partial charge on any atom is 0.355 e. The molecule has 0 spiro atoms. The van der Waals surface area contributed by atoms with Crippen LogP contribution in [0.1, 0.15) is 15.2 Å². The number of halogens is 1. The van der Waals surface area contributed by atoms with Gasteiger partial charge in [-0.3, -0.25) is 9.59 Å². The molecular weight excluding hydrogens is 518 g/mol. The summed E-state index contributed by atoms with van der Waals surface area (Å²) in [7, 11) is 2.87. The van der Waals surface area contributed by atoms with Crippen LogP contribution in [0, 0.1) is 0 Å². The molecule has 0 saturated heterocycles. The number of esters is 1. The summed E-state index contributed by atoms with van der Waals surface area (Å²) >= 11 is 7.61. The topological polar surface area (TPSA) is 115 Å². The van der Waals surface area contributed by atoms with Crippen LogP contribution in [0.4, 0.5) is 5.69 Å². The molecule has 4 rings (SSSR count). The van der Waals surface area contributed by atoms with Gasteiger partial charge in [0, 0.05) is 10.1 Å². The highest BCUT2D eigenvalue weighted by molar-refractivity contribution is 7.21. The van der Waals surface area contributed by atoms with Crippen molar-refractivity contribution in [1.82, 2.24) is 5.43 Å². The highest BCUT2D eigenvalue weighted by atomic mass is 35.5. The summed E-state index contributed by atoms with van der Waals surface area (Å²) in [6.45, 7) is 0. The van der Waals surface area contributed by atoms with Crippen molar-refractivity contribution >= 4 is 62.7 Å². The Labute approximate surface area is 220 Å². The van der Waals surface area contributed by atoms with E-state index in [4.69, 9.17) is 25.8 Å². The number of para-hydroxylation sites is 2. The normalized spacial score (nSPS) is 10.8. The quantitative estimate of drug-likeness (QED) is 0.114. The molecule has 188 valence electrons. The molecule has 2 N–H and O–H groups in total. The number of amides is 2. The van der Waals surface area contributed by atoms with Gasteiger partial charge in [-0.05, 0) is 42.0 Å². The molecule has 0 unspecified atom stereocenters. The number of ether oxygens (including phenoxy) is 3. The number of anilines is 1. The lowest BCUT2D eigenvalue weighted by atomic mass is 10.2. The standard InChI is InChI=1S/C26H20ClN3O6S/c1-34-18-9-5-4-8-17(18)29-24(31)25(32)30-28-14-15-11-12-19(20(13-15)35-2)36-26(33)23-22(27)16-7-3-6-10-21(16)37-23/h3-14H,1-2H3,(H,29,31)(H,30,32)/b28-14-. The van der Waals surface area contributed by atoms with Crippen molar-refractivity contribution in [2.75, 3.05) is 19.5 Å². The van der Waals surface area contributed by atoms with E-state index in [9.17, 15) is 14.4 Å². The van der Waals surface area contributed by atoms with Crippen LogP contribution >= 0.6 is 22.9 Å². The van der Waals surface area contributed by atoms with Crippen molar-refractivity contribution in [3.8, 4) is 17.2 Å². The molecule has 1 heterocycles. The summed E-state index contributed by atoms with van der Waals surface area (Å²) in [5.74, 6) is -1.65. The molecule has 4 aromatic rings. The van der Waals surface area contributed by atoms with E-state index in [1.807, 2.05) is 24.3 Å². The average molecular weight is 538 g/mol. The summed E-state index contributed by atoms with van der Waals surface area (Å²) in [6, 6.07) is 18.8. The minimum atomic E-state index is -0.972. The number of nitrogens with one attached hydrogen (secondary N) is 2. The second-order valence-electron chi connectivity index (χ2n) is 7.39. The van der Waals surface area contributed by atoms with Crippen molar-refractivity contribution in [2.45, 2.75) is 0 Å². The predicted molar refractivity (Wildman–Crippen MR) is 142 cm³/mol. The molecule has 0 aliphatic carbocycles. The van der Waals surface area contributed by atoms with Crippen LogP contribution in [-0.4, -0.2) is 38.2 Å². The lowest BCUT2D eigenvalue weighted by Crippen LogP contribution is -2.32. The van der Waals surface area contributed by atoms with Crippen LogP contribution in [0.3, 0.4) is 0 Å². The van der Waals surface area contributed by atoms with E-state index in [1.165, 1.54) is 37.8 Å². The molecule has 0 saturated carbocycles. The summed E-state index contributed by atoms with van der Waals surface area (Å²) in [5, 5.41) is 7.36. The van der Waals surface area contributed by atoms with Crippen molar-refractivity contribution < 1.29 is 28.6 Å². The van der Waals surface area contributed by atoms with E-state index >= 15 is 0 Å². The molecule has 37 heavy (non-hydrogen) atoms. The van der Waals surface area contributed by atoms with Gasteiger partial charge in [0.25, 0.3) is 0 Å². The van der Waals surface area contributed by atoms with Crippen molar-refractivity contribution in [2.24, 2.45) is 5.10 Å². The molecule has 0 radical (unpaired) electrons. The van der Waals surface area contributed by atoms with E-state index in [-0.39, 0.29) is 16.4 Å². The molecule has 11 heteroatoms. The van der Waals surface area contributed by atoms with E-state index in [2.05, 4.69) is 15.8 Å². The first kappa shape index (κ1) is 25.7.